The number of rotatable bonds is 3. The number of carbonyl (C=O) groups is 1. The minimum Gasteiger partial charge on any atom is -0.465 e. The number of amides is 1. The van der Waals surface area contributed by atoms with E-state index in [1.165, 1.54) is 49.0 Å². The molecule has 3 aliphatic rings. The quantitative estimate of drug-likeness (QED) is 0.828. The summed E-state index contributed by atoms with van der Waals surface area (Å²) in [7, 11) is 0. The molecule has 3 heterocycles. The van der Waals surface area contributed by atoms with Gasteiger partial charge in [0.05, 0.1) is 6.04 Å². The molecule has 0 bridgehead atoms. The Hall–Kier alpha value is -1.59. The molecule has 1 N–H and O–H groups in total. The third-order valence-electron chi connectivity index (χ3n) is 7.14. The predicted molar refractivity (Wildman–Crippen MR) is 116 cm³/mol. The van der Waals surface area contributed by atoms with E-state index in [2.05, 4.69) is 48.8 Å². The van der Waals surface area contributed by atoms with Crippen LogP contribution in [0.5, 0.6) is 0 Å². The Bertz CT molecular complexity index is 736. The zero-order valence-corrected chi connectivity index (χ0v) is 18.4. The summed E-state index contributed by atoms with van der Waals surface area (Å²) in [5.41, 5.74) is 4.32. The third kappa shape index (κ3) is 4.46. The Morgan fingerprint density at radius 3 is 2.52 bits per heavy atom. The fourth-order valence-electron chi connectivity index (χ4n) is 5.80. The Balaban J connectivity index is 1.46. The Morgan fingerprint density at radius 1 is 1.07 bits per heavy atom. The van der Waals surface area contributed by atoms with Gasteiger partial charge in [0, 0.05) is 32.2 Å². The van der Waals surface area contributed by atoms with Gasteiger partial charge in [-0.3, -0.25) is 9.80 Å². The molecule has 5 heteroatoms. The molecule has 0 radical (unpaired) electrons. The maximum atomic E-state index is 11.8. The van der Waals surface area contributed by atoms with Crippen LogP contribution in [0, 0.1) is 5.41 Å². The molecule has 0 aromatic heterocycles. The number of piperidine rings is 1. The number of nitrogens with zero attached hydrogens (tertiary/aromatic N) is 3. The molecule has 5 nitrogen and oxygen atoms in total. The van der Waals surface area contributed by atoms with Crippen LogP contribution in [0.25, 0.3) is 0 Å². The molecular weight excluding hydrogens is 362 g/mol. The van der Waals surface area contributed by atoms with Gasteiger partial charge in [-0.05, 0) is 60.9 Å². The van der Waals surface area contributed by atoms with Crippen LogP contribution in [0.15, 0.2) is 18.2 Å². The van der Waals surface area contributed by atoms with Crippen LogP contribution >= 0.6 is 0 Å². The summed E-state index contributed by atoms with van der Waals surface area (Å²) < 4.78 is 0. The summed E-state index contributed by atoms with van der Waals surface area (Å²) in [6, 6.07) is 7.45. The van der Waals surface area contributed by atoms with Crippen molar-refractivity contribution in [1.29, 1.82) is 0 Å². The molecule has 160 valence electrons. The lowest BCUT2D eigenvalue weighted by Crippen LogP contribution is -2.53. The maximum absolute atomic E-state index is 11.8. The second kappa shape index (κ2) is 8.27. The molecule has 2 fully saturated rings. The number of benzene rings is 1. The zero-order valence-electron chi connectivity index (χ0n) is 18.4. The number of likely N-dealkylation sites (tertiary alicyclic amines) is 2. The fraction of sp³-hybridized carbons (Fsp3) is 0.708. The lowest BCUT2D eigenvalue weighted by atomic mass is 9.81. The van der Waals surface area contributed by atoms with Crippen LogP contribution in [0.1, 0.15) is 63.1 Å². The van der Waals surface area contributed by atoms with Gasteiger partial charge in [-0.25, -0.2) is 4.79 Å². The van der Waals surface area contributed by atoms with Crippen molar-refractivity contribution in [3.05, 3.63) is 34.9 Å². The number of hydrogen-bond acceptors (Lipinski definition) is 3. The van der Waals surface area contributed by atoms with E-state index in [9.17, 15) is 9.90 Å². The molecule has 2 atom stereocenters. The highest BCUT2D eigenvalue weighted by molar-refractivity contribution is 5.66. The lowest BCUT2D eigenvalue weighted by molar-refractivity contribution is 0.0589. The van der Waals surface area contributed by atoms with E-state index in [-0.39, 0.29) is 11.5 Å². The first-order chi connectivity index (χ1) is 13.8. The minimum atomic E-state index is -0.771. The molecule has 1 amide bonds. The normalized spacial score (nSPS) is 26.5. The van der Waals surface area contributed by atoms with Gasteiger partial charge in [-0.2, -0.15) is 0 Å². The van der Waals surface area contributed by atoms with E-state index in [0.29, 0.717) is 12.6 Å². The highest BCUT2D eigenvalue weighted by Crippen LogP contribution is 2.37. The Morgan fingerprint density at radius 2 is 1.83 bits per heavy atom. The van der Waals surface area contributed by atoms with E-state index >= 15 is 0 Å². The standard InChI is InChI=1S/C24H37N3O2/c1-24(2,3)22-21(10-14-27(22)23(28)29)26-13-9-19-15-18(7-8-20(19)17-26)16-25-11-5-4-6-12-25/h7-8,15,21-22H,4-6,9-14,16-17H2,1-3H3,(H,28,29). The highest BCUT2D eigenvalue weighted by atomic mass is 16.4. The zero-order chi connectivity index (χ0) is 20.6. The second-order valence-electron chi connectivity index (χ2n) is 10.3. The summed E-state index contributed by atoms with van der Waals surface area (Å²) in [5.74, 6) is 0. The number of hydrogen-bond donors (Lipinski definition) is 1. The summed E-state index contributed by atoms with van der Waals surface area (Å²) in [6.07, 6.45) is 5.30. The van der Waals surface area contributed by atoms with Gasteiger partial charge < -0.3 is 10.0 Å². The van der Waals surface area contributed by atoms with Gasteiger partial charge in [-0.1, -0.05) is 45.4 Å². The molecule has 2 saturated heterocycles. The van der Waals surface area contributed by atoms with Gasteiger partial charge in [0.2, 0.25) is 0 Å². The van der Waals surface area contributed by atoms with Crippen LogP contribution in [0.4, 0.5) is 4.79 Å². The van der Waals surface area contributed by atoms with E-state index in [1.54, 1.807) is 4.90 Å². The van der Waals surface area contributed by atoms with Crippen molar-refractivity contribution in [3.63, 3.8) is 0 Å². The van der Waals surface area contributed by atoms with Crippen molar-refractivity contribution >= 4 is 6.09 Å². The average Bonchev–Trinajstić information content (AvgIpc) is 3.14. The Kier molecular flexibility index (Phi) is 5.90. The average molecular weight is 400 g/mol. The van der Waals surface area contributed by atoms with Gasteiger partial charge in [-0.15, -0.1) is 0 Å². The molecule has 29 heavy (non-hydrogen) atoms. The second-order valence-corrected chi connectivity index (χ2v) is 10.3. The Labute approximate surface area is 175 Å². The number of carboxylic acid groups (broad SMARTS) is 1. The molecule has 4 rings (SSSR count). The lowest BCUT2D eigenvalue weighted by Gasteiger charge is -2.43. The largest absolute Gasteiger partial charge is 0.465 e. The third-order valence-corrected chi connectivity index (χ3v) is 7.14. The molecule has 1 aromatic carbocycles. The molecule has 1 aromatic rings. The minimum absolute atomic E-state index is 0.0555. The van der Waals surface area contributed by atoms with Crippen molar-refractivity contribution < 1.29 is 9.90 Å². The van der Waals surface area contributed by atoms with Crippen molar-refractivity contribution in [1.82, 2.24) is 14.7 Å². The van der Waals surface area contributed by atoms with Crippen molar-refractivity contribution in [2.24, 2.45) is 5.41 Å². The molecule has 3 aliphatic heterocycles. The van der Waals surface area contributed by atoms with E-state index in [4.69, 9.17) is 0 Å². The van der Waals surface area contributed by atoms with Crippen molar-refractivity contribution in [2.75, 3.05) is 26.2 Å². The summed E-state index contributed by atoms with van der Waals surface area (Å²) in [6.45, 7) is 12.7. The van der Waals surface area contributed by atoms with Gasteiger partial charge in [0.15, 0.2) is 0 Å². The van der Waals surface area contributed by atoms with Crippen molar-refractivity contribution in [2.45, 2.75) is 78.0 Å². The molecular formula is C24H37N3O2. The first kappa shape index (κ1) is 20.7. The predicted octanol–water partition coefficient (Wildman–Crippen LogP) is 4.20. The summed E-state index contributed by atoms with van der Waals surface area (Å²) in [5, 5.41) is 9.69. The van der Waals surface area contributed by atoms with E-state index < -0.39 is 6.09 Å². The molecule has 0 saturated carbocycles. The monoisotopic (exact) mass is 399 g/mol. The van der Waals surface area contributed by atoms with Gasteiger partial charge in [0.1, 0.15) is 0 Å². The van der Waals surface area contributed by atoms with Crippen LogP contribution < -0.4 is 0 Å². The summed E-state index contributed by atoms with van der Waals surface area (Å²) in [4.78, 5) is 18.6. The van der Waals surface area contributed by atoms with E-state index in [0.717, 1.165) is 32.5 Å². The van der Waals surface area contributed by atoms with Gasteiger partial charge in [0.25, 0.3) is 0 Å². The highest BCUT2D eigenvalue weighted by Gasteiger charge is 2.46. The SMILES string of the molecule is CC(C)(C)C1C(N2CCc3cc(CN4CCCCC4)ccc3C2)CCN1C(=O)O. The topological polar surface area (TPSA) is 47.0 Å². The summed E-state index contributed by atoms with van der Waals surface area (Å²) >= 11 is 0. The van der Waals surface area contributed by atoms with Crippen LogP contribution in [-0.4, -0.2) is 64.2 Å². The van der Waals surface area contributed by atoms with E-state index in [1.807, 2.05) is 0 Å². The first-order valence-electron chi connectivity index (χ1n) is 11.4. The smallest absolute Gasteiger partial charge is 0.407 e. The fourth-order valence-corrected chi connectivity index (χ4v) is 5.80. The van der Waals surface area contributed by atoms with Crippen LogP contribution in [0.3, 0.4) is 0 Å². The van der Waals surface area contributed by atoms with Crippen molar-refractivity contribution in [3.8, 4) is 0 Å². The first-order valence-corrected chi connectivity index (χ1v) is 11.4. The molecule has 0 aliphatic carbocycles. The van der Waals surface area contributed by atoms with Crippen LogP contribution in [0.2, 0.25) is 0 Å². The molecule has 2 unspecified atom stereocenters. The van der Waals surface area contributed by atoms with Crippen LogP contribution in [-0.2, 0) is 19.5 Å². The number of fused-ring (bicyclic) bond motifs is 1. The molecule has 0 spiro atoms. The van der Waals surface area contributed by atoms with Gasteiger partial charge >= 0.3 is 6.09 Å². The maximum Gasteiger partial charge on any atom is 0.407 e.